The Balaban J connectivity index is 2.34. The maximum atomic E-state index is 11.5. The molecule has 1 unspecified atom stereocenters. The zero-order valence-corrected chi connectivity index (χ0v) is 11.0. The summed E-state index contributed by atoms with van der Waals surface area (Å²) in [6, 6.07) is -0.672. The minimum atomic E-state index is -0.849. The van der Waals surface area contributed by atoms with Gasteiger partial charge in [0.15, 0.2) is 6.04 Å². The summed E-state index contributed by atoms with van der Waals surface area (Å²) in [4.78, 5) is 17.9. The topological polar surface area (TPSA) is 67.6 Å². The summed E-state index contributed by atoms with van der Waals surface area (Å²) in [6.45, 7) is 6.21. The average Bonchev–Trinajstić information content (AvgIpc) is 2.59. The van der Waals surface area contributed by atoms with Crippen molar-refractivity contribution in [3.05, 3.63) is 17.2 Å². The molecule has 0 saturated carbocycles. The number of hydrogen-bond acceptors (Lipinski definition) is 4. The lowest BCUT2D eigenvalue weighted by Gasteiger charge is -2.31. The summed E-state index contributed by atoms with van der Waals surface area (Å²) in [5.74, 6) is -0.0138. The molecule has 1 atom stereocenters. The van der Waals surface area contributed by atoms with Crippen molar-refractivity contribution in [2.24, 2.45) is 7.05 Å². The molecule has 1 aliphatic rings. The summed E-state index contributed by atoms with van der Waals surface area (Å²) in [6.07, 6.45) is 0. The van der Waals surface area contributed by atoms with Crippen LogP contribution in [0.25, 0.3) is 0 Å². The van der Waals surface area contributed by atoms with Crippen molar-refractivity contribution >= 4 is 5.97 Å². The number of carbonyl (C=O) groups is 1. The lowest BCUT2D eigenvalue weighted by atomic mass is 10.1. The molecular weight excluding hydrogens is 234 g/mol. The van der Waals surface area contributed by atoms with E-state index in [1.54, 1.807) is 0 Å². The van der Waals surface area contributed by atoms with Crippen LogP contribution in [0.3, 0.4) is 0 Å². The van der Waals surface area contributed by atoms with E-state index in [1.807, 2.05) is 30.4 Å². The molecule has 2 rings (SSSR count). The standard InChI is InChI=1S/C12H19N3O3/c1-8-10(13-9(2)14(8)3)11(12(16)17)15-4-6-18-7-5-15/h11H,4-7H2,1-3H3,(H,16,17). The predicted molar refractivity (Wildman–Crippen MR) is 65.5 cm³/mol. The zero-order chi connectivity index (χ0) is 13.3. The number of nitrogens with zero attached hydrogens (tertiary/aromatic N) is 3. The SMILES string of the molecule is Cc1nc(C(C(=O)O)N2CCOCC2)c(C)n1C. The van der Waals surface area contributed by atoms with E-state index in [-0.39, 0.29) is 0 Å². The van der Waals surface area contributed by atoms with Crippen LogP contribution in [0.4, 0.5) is 0 Å². The van der Waals surface area contributed by atoms with E-state index in [1.165, 1.54) is 0 Å². The van der Waals surface area contributed by atoms with Crippen molar-refractivity contribution < 1.29 is 14.6 Å². The van der Waals surface area contributed by atoms with Gasteiger partial charge in [0.05, 0.1) is 18.9 Å². The van der Waals surface area contributed by atoms with Crippen molar-refractivity contribution in [3.63, 3.8) is 0 Å². The maximum Gasteiger partial charge on any atom is 0.327 e. The molecule has 0 bridgehead atoms. The molecule has 6 nitrogen and oxygen atoms in total. The van der Waals surface area contributed by atoms with Crippen molar-refractivity contribution in [2.75, 3.05) is 26.3 Å². The molecule has 0 aliphatic carbocycles. The Kier molecular flexibility index (Phi) is 3.68. The Hall–Kier alpha value is -1.40. The third kappa shape index (κ3) is 2.26. The molecular formula is C12H19N3O3. The average molecular weight is 253 g/mol. The Morgan fingerprint density at radius 2 is 2.00 bits per heavy atom. The van der Waals surface area contributed by atoms with Crippen LogP contribution in [-0.4, -0.2) is 51.8 Å². The van der Waals surface area contributed by atoms with Gasteiger partial charge in [-0.05, 0) is 13.8 Å². The Morgan fingerprint density at radius 1 is 1.39 bits per heavy atom. The highest BCUT2D eigenvalue weighted by molar-refractivity contribution is 5.75. The van der Waals surface area contributed by atoms with Crippen LogP contribution >= 0.6 is 0 Å². The molecule has 1 aliphatic heterocycles. The van der Waals surface area contributed by atoms with Gasteiger partial charge in [0.2, 0.25) is 0 Å². The van der Waals surface area contributed by atoms with E-state index in [9.17, 15) is 9.90 Å². The van der Waals surface area contributed by atoms with Crippen LogP contribution in [0, 0.1) is 13.8 Å². The fraction of sp³-hybridized carbons (Fsp3) is 0.667. The molecule has 100 valence electrons. The van der Waals surface area contributed by atoms with Crippen LogP contribution in [0.2, 0.25) is 0 Å². The van der Waals surface area contributed by atoms with Crippen molar-refractivity contribution in [1.29, 1.82) is 0 Å². The number of aliphatic carboxylic acids is 1. The van der Waals surface area contributed by atoms with Crippen LogP contribution in [-0.2, 0) is 16.6 Å². The molecule has 1 fully saturated rings. The lowest BCUT2D eigenvalue weighted by Crippen LogP contribution is -2.42. The first-order valence-electron chi connectivity index (χ1n) is 6.06. The molecule has 0 aromatic carbocycles. The van der Waals surface area contributed by atoms with E-state index < -0.39 is 12.0 Å². The second-order valence-electron chi connectivity index (χ2n) is 4.58. The molecule has 1 aromatic rings. The van der Waals surface area contributed by atoms with E-state index in [0.717, 1.165) is 11.5 Å². The number of aromatic nitrogens is 2. The monoisotopic (exact) mass is 253 g/mol. The largest absolute Gasteiger partial charge is 0.480 e. The van der Waals surface area contributed by atoms with Crippen LogP contribution < -0.4 is 0 Å². The number of carboxylic acid groups (broad SMARTS) is 1. The Morgan fingerprint density at radius 3 is 2.44 bits per heavy atom. The van der Waals surface area contributed by atoms with Crippen LogP contribution in [0.1, 0.15) is 23.3 Å². The zero-order valence-electron chi connectivity index (χ0n) is 11.0. The number of carboxylic acids is 1. The van der Waals surface area contributed by atoms with E-state index in [2.05, 4.69) is 4.98 Å². The van der Waals surface area contributed by atoms with Gasteiger partial charge in [-0.1, -0.05) is 0 Å². The molecule has 2 heterocycles. The molecule has 1 aromatic heterocycles. The second-order valence-corrected chi connectivity index (χ2v) is 4.58. The molecule has 1 saturated heterocycles. The number of morpholine rings is 1. The molecule has 6 heteroatoms. The quantitative estimate of drug-likeness (QED) is 0.849. The van der Waals surface area contributed by atoms with E-state index >= 15 is 0 Å². The van der Waals surface area contributed by atoms with Crippen molar-refractivity contribution in [2.45, 2.75) is 19.9 Å². The summed E-state index contributed by atoms with van der Waals surface area (Å²) < 4.78 is 7.19. The first kappa shape index (κ1) is 13.0. The molecule has 18 heavy (non-hydrogen) atoms. The fourth-order valence-electron chi connectivity index (χ4n) is 2.29. The van der Waals surface area contributed by atoms with Crippen LogP contribution in [0.15, 0.2) is 0 Å². The number of aryl methyl sites for hydroxylation is 1. The van der Waals surface area contributed by atoms with E-state index in [4.69, 9.17) is 4.74 Å². The van der Waals surface area contributed by atoms with Crippen molar-refractivity contribution in [3.8, 4) is 0 Å². The smallest absolute Gasteiger partial charge is 0.327 e. The Bertz CT molecular complexity index is 450. The summed E-state index contributed by atoms with van der Waals surface area (Å²) >= 11 is 0. The van der Waals surface area contributed by atoms with Gasteiger partial charge < -0.3 is 14.4 Å². The number of ether oxygens (including phenoxy) is 1. The van der Waals surface area contributed by atoms with Crippen LogP contribution in [0.5, 0.6) is 0 Å². The number of imidazole rings is 1. The van der Waals surface area contributed by atoms with Gasteiger partial charge in [-0.15, -0.1) is 0 Å². The molecule has 1 N–H and O–H groups in total. The normalized spacial score (nSPS) is 18.8. The first-order valence-corrected chi connectivity index (χ1v) is 6.06. The van der Waals surface area contributed by atoms with Gasteiger partial charge in [0.25, 0.3) is 0 Å². The van der Waals surface area contributed by atoms with Gasteiger partial charge in [0, 0.05) is 25.8 Å². The van der Waals surface area contributed by atoms with Gasteiger partial charge >= 0.3 is 5.97 Å². The van der Waals surface area contributed by atoms with Gasteiger partial charge in [-0.25, -0.2) is 4.98 Å². The fourth-order valence-corrected chi connectivity index (χ4v) is 2.29. The molecule has 0 spiro atoms. The summed E-state index contributed by atoms with van der Waals surface area (Å²) in [7, 11) is 1.90. The Labute approximate surface area is 106 Å². The number of rotatable bonds is 3. The van der Waals surface area contributed by atoms with E-state index in [0.29, 0.717) is 32.0 Å². The van der Waals surface area contributed by atoms with Gasteiger partial charge in [-0.3, -0.25) is 9.69 Å². The highest BCUT2D eigenvalue weighted by Crippen LogP contribution is 2.24. The second kappa shape index (κ2) is 5.07. The maximum absolute atomic E-state index is 11.5. The third-order valence-corrected chi connectivity index (χ3v) is 3.55. The highest BCUT2D eigenvalue weighted by Gasteiger charge is 2.32. The third-order valence-electron chi connectivity index (χ3n) is 3.55. The van der Waals surface area contributed by atoms with Crippen molar-refractivity contribution in [1.82, 2.24) is 14.5 Å². The molecule has 0 amide bonds. The minimum absolute atomic E-state index is 0.578. The summed E-state index contributed by atoms with van der Waals surface area (Å²) in [5, 5.41) is 9.47. The van der Waals surface area contributed by atoms with Gasteiger partial charge in [-0.2, -0.15) is 0 Å². The highest BCUT2D eigenvalue weighted by atomic mass is 16.5. The summed E-state index contributed by atoms with van der Waals surface area (Å²) in [5.41, 5.74) is 1.55. The lowest BCUT2D eigenvalue weighted by molar-refractivity contribution is -0.145. The number of hydrogen-bond donors (Lipinski definition) is 1. The molecule has 0 radical (unpaired) electrons. The van der Waals surface area contributed by atoms with Gasteiger partial charge in [0.1, 0.15) is 5.82 Å². The minimum Gasteiger partial charge on any atom is -0.480 e. The first-order chi connectivity index (χ1) is 8.52. The predicted octanol–water partition coefficient (Wildman–Crippen LogP) is 0.495.